The lowest BCUT2D eigenvalue weighted by Gasteiger charge is -2.30. The van der Waals surface area contributed by atoms with Crippen molar-refractivity contribution in [2.45, 2.75) is 45.8 Å². The van der Waals surface area contributed by atoms with Gasteiger partial charge in [0.2, 0.25) is 0 Å². The average Bonchev–Trinajstić information content (AvgIpc) is 2.89. The number of carbonyl (C=O) groups excluding carboxylic acids is 1. The topological polar surface area (TPSA) is 53.9 Å². The summed E-state index contributed by atoms with van der Waals surface area (Å²) in [6, 6.07) is 4.49. The minimum Gasteiger partial charge on any atom is -0.444 e. The number of hydrogen-bond acceptors (Lipinski definition) is 5. The number of nitrogens with one attached hydrogen (secondary N) is 1. The Hall–Kier alpha value is -1.56. The lowest BCUT2D eigenvalue weighted by molar-refractivity contribution is 0.0276. The van der Waals surface area contributed by atoms with E-state index >= 15 is 0 Å². The van der Waals surface area contributed by atoms with Gasteiger partial charge in [-0.05, 0) is 39.1 Å². The van der Waals surface area contributed by atoms with Gasteiger partial charge in [0.05, 0.1) is 13.1 Å². The van der Waals surface area contributed by atoms with Gasteiger partial charge in [-0.3, -0.25) is 9.89 Å². The van der Waals surface area contributed by atoms with Gasteiger partial charge in [-0.2, -0.15) is 0 Å². The monoisotopic (exact) mass is 323 g/mol. The molecule has 5 nitrogen and oxygen atoms in total. The van der Waals surface area contributed by atoms with Gasteiger partial charge in [-0.25, -0.2) is 4.79 Å². The number of amides is 1. The second-order valence-corrected chi connectivity index (χ2v) is 7.59. The van der Waals surface area contributed by atoms with Crippen molar-refractivity contribution in [3.63, 3.8) is 0 Å². The Morgan fingerprint density at radius 2 is 2.32 bits per heavy atom. The minimum absolute atomic E-state index is 0.271. The number of aliphatic imine (C=N–C) groups is 1. The first-order chi connectivity index (χ1) is 10.3. The van der Waals surface area contributed by atoms with Crippen LogP contribution in [-0.4, -0.2) is 48.1 Å². The molecule has 0 radical (unpaired) electrons. The Balaban J connectivity index is 1.85. The van der Waals surface area contributed by atoms with E-state index in [4.69, 9.17) is 4.74 Å². The highest BCUT2D eigenvalue weighted by atomic mass is 32.1. The van der Waals surface area contributed by atoms with E-state index in [2.05, 4.69) is 34.7 Å². The van der Waals surface area contributed by atoms with Crippen LogP contribution in [0, 0.1) is 0 Å². The maximum atomic E-state index is 12.1. The van der Waals surface area contributed by atoms with Crippen LogP contribution in [0.4, 0.5) is 4.79 Å². The van der Waals surface area contributed by atoms with Crippen molar-refractivity contribution in [1.82, 2.24) is 10.2 Å². The zero-order valence-electron chi connectivity index (χ0n) is 13.8. The number of thiophene rings is 1. The van der Waals surface area contributed by atoms with Gasteiger partial charge in [0.25, 0.3) is 0 Å². The van der Waals surface area contributed by atoms with E-state index in [0.717, 1.165) is 12.3 Å². The first kappa shape index (κ1) is 16.8. The fourth-order valence-electron chi connectivity index (χ4n) is 2.26. The molecule has 6 heteroatoms. The molecule has 0 bridgehead atoms. The third kappa shape index (κ3) is 5.33. The fraction of sp³-hybridized carbons (Fsp3) is 0.625. The number of nitrogens with zero attached hydrogens (tertiary/aromatic N) is 2. The molecule has 1 atom stereocenters. The van der Waals surface area contributed by atoms with E-state index in [9.17, 15) is 4.79 Å². The van der Waals surface area contributed by atoms with Crippen molar-refractivity contribution in [1.29, 1.82) is 0 Å². The van der Waals surface area contributed by atoms with Crippen LogP contribution in [0.15, 0.2) is 22.5 Å². The fourth-order valence-corrected chi connectivity index (χ4v) is 3.09. The summed E-state index contributed by atoms with van der Waals surface area (Å²) >= 11 is 1.76. The van der Waals surface area contributed by atoms with E-state index < -0.39 is 5.60 Å². The number of rotatable bonds is 3. The smallest absolute Gasteiger partial charge is 0.410 e. The van der Waals surface area contributed by atoms with E-state index in [1.165, 1.54) is 4.88 Å². The van der Waals surface area contributed by atoms with Crippen LogP contribution in [0.1, 0.15) is 32.6 Å². The van der Waals surface area contributed by atoms with Crippen LogP contribution in [0.2, 0.25) is 0 Å². The third-order valence-electron chi connectivity index (χ3n) is 3.17. The first-order valence-corrected chi connectivity index (χ1v) is 8.51. The molecule has 122 valence electrons. The van der Waals surface area contributed by atoms with Crippen LogP contribution < -0.4 is 5.32 Å². The molecule has 0 fully saturated rings. The van der Waals surface area contributed by atoms with E-state index in [0.29, 0.717) is 19.6 Å². The van der Waals surface area contributed by atoms with Gasteiger partial charge in [0, 0.05) is 23.9 Å². The number of ether oxygens (including phenoxy) is 1. The predicted octanol–water partition coefficient (Wildman–Crippen LogP) is 2.92. The van der Waals surface area contributed by atoms with Gasteiger partial charge in [0.1, 0.15) is 11.4 Å². The summed E-state index contributed by atoms with van der Waals surface area (Å²) in [7, 11) is 0. The Kier molecular flexibility index (Phi) is 5.45. The molecule has 0 spiro atoms. The summed E-state index contributed by atoms with van der Waals surface area (Å²) in [6.45, 7) is 9.49. The van der Waals surface area contributed by atoms with Gasteiger partial charge in [0.15, 0.2) is 0 Å². The van der Waals surface area contributed by atoms with Gasteiger partial charge in [-0.1, -0.05) is 6.07 Å². The number of hydrogen-bond donors (Lipinski definition) is 1. The van der Waals surface area contributed by atoms with Crippen molar-refractivity contribution in [3.05, 3.63) is 22.4 Å². The largest absolute Gasteiger partial charge is 0.444 e. The molecular formula is C16H25N3O2S. The number of carbonyl (C=O) groups is 1. The molecule has 0 aromatic carbocycles. The molecule has 1 aliphatic rings. The number of amidine groups is 1. The molecule has 1 amide bonds. The second-order valence-electron chi connectivity index (χ2n) is 6.56. The van der Waals surface area contributed by atoms with Gasteiger partial charge in [-0.15, -0.1) is 11.3 Å². The molecule has 1 aromatic rings. The first-order valence-electron chi connectivity index (χ1n) is 7.63. The lowest BCUT2D eigenvalue weighted by atomic mass is 10.2. The van der Waals surface area contributed by atoms with Crippen LogP contribution in [0.3, 0.4) is 0 Å². The molecular weight excluding hydrogens is 298 g/mol. The van der Waals surface area contributed by atoms with Crippen LogP contribution >= 0.6 is 11.3 Å². The average molecular weight is 323 g/mol. The van der Waals surface area contributed by atoms with Crippen LogP contribution in [-0.2, 0) is 11.2 Å². The van der Waals surface area contributed by atoms with Gasteiger partial charge >= 0.3 is 6.09 Å². The van der Waals surface area contributed by atoms with E-state index in [1.54, 1.807) is 16.2 Å². The van der Waals surface area contributed by atoms with Gasteiger partial charge < -0.3 is 10.1 Å². The highest BCUT2D eigenvalue weighted by molar-refractivity contribution is 7.09. The van der Waals surface area contributed by atoms with Crippen molar-refractivity contribution >= 4 is 23.3 Å². The maximum Gasteiger partial charge on any atom is 0.410 e. The predicted molar refractivity (Wildman–Crippen MR) is 90.7 cm³/mol. The molecule has 1 aromatic heterocycles. The molecule has 2 rings (SSSR count). The molecule has 2 heterocycles. The van der Waals surface area contributed by atoms with Crippen LogP contribution in [0.5, 0.6) is 0 Å². The Morgan fingerprint density at radius 3 is 2.95 bits per heavy atom. The SMILES string of the molecule is CC(Cc1cccs1)NC1=NCCN(C(=O)OC(C)(C)C)C1. The summed E-state index contributed by atoms with van der Waals surface area (Å²) in [5.41, 5.74) is -0.467. The zero-order valence-corrected chi connectivity index (χ0v) is 14.6. The Bertz CT molecular complexity index is 520. The highest BCUT2D eigenvalue weighted by Crippen LogP contribution is 2.13. The Labute approximate surface area is 136 Å². The van der Waals surface area contributed by atoms with Crippen molar-refractivity contribution in [2.24, 2.45) is 4.99 Å². The van der Waals surface area contributed by atoms with Crippen molar-refractivity contribution in [2.75, 3.05) is 19.6 Å². The van der Waals surface area contributed by atoms with E-state index in [-0.39, 0.29) is 12.1 Å². The third-order valence-corrected chi connectivity index (χ3v) is 4.06. The molecule has 0 aliphatic carbocycles. The van der Waals surface area contributed by atoms with Crippen molar-refractivity contribution in [3.8, 4) is 0 Å². The highest BCUT2D eigenvalue weighted by Gasteiger charge is 2.25. The molecule has 1 unspecified atom stereocenters. The lowest BCUT2D eigenvalue weighted by Crippen LogP contribution is -2.49. The molecule has 1 aliphatic heterocycles. The summed E-state index contributed by atoms with van der Waals surface area (Å²) in [4.78, 5) is 19.7. The molecule has 22 heavy (non-hydrogen) atoms. The standard InChI is InChI=1S/C16H25N3O2S/c1-12(10-13-6-5-9-22-13)18-14-11-19(8-7-17-14)15(20)21-16(2,3)4/h5-6,9,12H,7-8,10-11H2,1-4H3,(H,17,18). The molecule has 0 saturated heterocycles. The second kappa shape index (κ2) is 7.13. The summed E-state index contributed by atoms with van der Waals surface area (Å²) in [5.74, 6) is 0.862. The minimum atomic E-state index is -0.467. The normalized spacial score (nSPS) is 16.9. The summed E-state index contributed by atoms with van der Waals surface area (Å²) in [6.07, 6.45) is 0.691. The Morgan fingerprint density at radius 1 is 1.55 bits per heavy atom. The van der Waals surface area contributed by atoms with E-state index in [1.807, 2.05) is 20.8 Å². The quantitative estimate of drug-likeness (QED) is 0.930. The zero-order chi connectivity index (χ0) is 16.2. The molecule has 1 N–H and O–H groups in total. The van der Waals surface area contributed by atoms with Crippen LogP contribution in [0.25, 0.3) is 0 Å². The van der Waals surface area contributed by atoms with Crippen molar-refractivity contribution < 1.29 is 9.53 Å². The summed E-state index contributed by atoms with van der Waals surface area (Å²) < 4.78 is 5.42. The molecule has 0 saturated carbocycles. The summed E-state index contributed by atoms with van der Waals surface area (Å²) in [5, 5.41) is 5.50. The maximum absolute atomic E-state index is 12.1.